The number of anilines is 1. The molecule has 42 heavy (non-hydrogen) atoms. The lowest BCUT2D eigenvalue weighted by atomic mass is 10.1. The SMILES string of the molecule is CC[C@H](C(=O)NC(C)(C)C)N(Cc1c(Cl)cccc1Cl)C(=O)CN(c1ccc([N+](=O)[O-])cc1)S(=O)(=O)c1ccccc1. The van der Waals surface area contributed by atoms with Crippen molar-refractivity contribution in [3.8, 4) is 0 Å². The molecule has 3 aromatic carbocycles. The minimum atomic E-state index is -4.32. The van der Waals surface area contributed by atoms with E-state index in [1.165, 1.54) is 29.2 Å². The van der Waals surface area contributed by atoms with Crippen LogP contribution < -0.4 is 9.62 Å². The Morgan fingerprint density at radius 2 is 1.52 bits per heavy atom. The van der Waals surface area contributed by atoms with Gasteiger partial charge in [0.25, 0.3) is 15.7 Å². The summed E-state index contributed by atoms with van der Waals surface area (Å²) >= 11 is 12.8. The maximum Gasteiger partial charge on any atom is 0.269 e. The van der Waals surface area contributed by atoms with Crippen molar-refractivity contribution in [2.75, 3.05) is 10.8 Å². The highest BCUT2D eigenvalue weighted by Crippen LogP contribution is 2.29. The van der Waals surface area contributed by atoms with Crippen LogP contribution in [0.25, 0.3) is 0 Å². The predicted molar refractivity (Wildman–Crippen MR) is 163 cm³/mol. The molecule has 0 aromatic heterocycles. The normalized spacial score (nSPS) is 12.3. The molecule has 3 rings (SSSR count). The maximum atomic E-state index is 14.1. The Hall–Kier alpha value is -3.67. The van der Waals surface area contributed by atoms with E-state index in [1.807, 2.05) is 0 Å². The summed E-state index contributed by atoms with van der Waals surface area (Å²) < 4.78 is 28.5. The van der Waals surface area contributed by atoms with E-state index in [0.29, 0.717) is 5.56 Å². The van der Waals surface area contributed by atoms with E-state index in [4.69, 9.17) is 23.2 Å². The summed E-state index contributed by atoms with van der Waals surface area (Å²) in [5, 5.41) is 14.7. The molecule has 0 bridgehead atoms. The van der Waals surface area contributed by atoms with Crippen LogP contribution in [-0.4, -0.2) is 48.2 Å². The number of rotatable bonds is 11. The maximum absolute atomic E-state index is 14.1. The molecule has 0 saturated carbocycles. The molecule has 0 aliphatic heterocycles. The van der Waals surface area contributed by atoms with Crippen LogP contribution >= 0.6 is 23.2 Å². The zero-order chi connectivity index (χ0) is 31.2. The van der Waals surface area contributed by atoms with Gasteiger partial charge < -0.3 is 10.2 Å². The van der Waals surface area contributed by atoms with Crippen molar-refractivity contribution in [1.29, 1.82) is 0 Å². The number of nitro benzene ring substituents is 1. The fourth-order valence-electron chi connectivity index (χ4n) is 4.22. The highest BCUT2D eigenvalue weighted by atomic mass is 35.5. The first-order valence-corrected chi connectivity index (χ1v) is 15.2. The molecule has 0 heterocycles. The van der Waals surface area contributed by atoms with Gasteiger partial charge in [0.2, 0.25) is 11.8 Å². The number of sulfonamides is 1. The second kappa shape index (κ2) is 13.5. The summed E-state index contributed by atoms with van der Waals surface area (Å²) in [6.07, 6.45) is 0.207. The molecule has 0 radical (unpaired) electrons. The first-order valence-electron chi connectivity index (χ1n) is 13.0. The van der Waals surface area contributed by atoms with Gasteiger partial charge in [0.15, 0.2) is 0 Å². The predicted octanol–water partition coefficient (Wildman–Crippen LogP) is 5.82. The Labute approximate surface area is 255 Å². The number of carbonyl (C=O) groups excluding carboxylic acids is 2. The molecule has 10 nitrogen and oxygen atoms in total. The zero-order valence-corrected chi connectivity index (χ0v) is 25.9. The second-order valence-electron chi connectivity index (χ2n) is 10.5. The molecule has 0 saturated heterocycles. The fraction of sp³-hybridized carbons (Fsp3) is 0.310. The molecule has 0 unspecified atom stereocenters. The zero-order valence-electron chi connectivity index (χ0n) is 23.6. The van der Waals surface area contributed by atoms with Crippen molar-refractivity contribution < 1.29 is 22.9 Å². The quantitative estimate of drug-likeness (QED) is 0.209. The summed E-state index contributed by atoms with van der Waals surface area (Å²) in [6, 6.07) is 16.2. The van der Waals surface area contributed by atoms with Crippen molar-refractivity contribution in [1.82, 2.24) is 10.2 Å². The summed E-state index contributed by atoms with van der Waals surface area (Å²) in [4.78, 5) is 39.3. The topological polar surface area (TPSA) is 130 Å². The van der Waals surface area contributed by atoms with Crippen molar-refractivity contribution in [3.63, 3.8) is 0 Å². The van der Waals surface area contributed by atoms with Gasteiger partial charge in [-0.15, -0.1) is 0 Å². The second-order valence-corrected chi connectivity index (χ2v) is 13.2. The summed E-state index contributed by atoms with van der Waals surface area (Å²) in [5.74, 6) is -1.14. The molecule has 224 valence electrons. The van der Waals surface area contributed by atoms with Gasteiger partial charge >= 0.3 is 0 Å². The molecule has 13 heteroatoms. The van der Waals surface area contributed by atoms with E-state index in [0.717, 1.165) is 16.4 Å². The van der Waals surface area contributed by atoms with Crippen molar-refractivity contribution in [2.24, 2.45) is 0 Å². The highest BCUT2D eigenvalue weighted by Gasteiger charge is 2.35. The Kier molecular flexibility index (Phi) is 10.6. The standard InChI is InChI=1S/C29H32Cl2N4O6S/c1-5-26(28(37)32-29(2,3)4)33(18-23-24(30)12-9-13-25(23)31)27(36)19-34(20-14-16-21(17-15-20)35(38)39)42(40,41)22-10-7-6-8-11-22/h6-17,26H,5,18-19H2,1-4H3,(H,32,37)/t26-/m1/s1. The van der Waals surface area contributed by atoms with Gasteiger partial charge in [-0.3, -0.25) is 24.0 Å². The van der Waals surface area contributed by atoms with Crippen molar-refractivity contribution in [3.05, 3.63) is 98.5 Å². The summed E-state index contributed by atoms with van der Waals surface area (Å²) in [5.41, 5.74) is -0.436. The van der Waals surface area contributed by atoms with Gasteiger partial charge in [-0.25, -0.2) is 8.42 Å². The van der Waals surface area contributed by atoms with Crippen LogP contribution in [0.3, 0.4) is 0 Å². The number of hydrogen-bond donors (Lipinski definition) is 1. The lowest BCUT2D eigenvalue weighted by molar-refractivity contribution is -0.384. The van der Waals surface area contributed by atoms with Gasteiger partial charge in [0.1, 0.15) is 12.6 Å². The number of halogens is 2. The van der Waals surface area contributed by atoms with E-state index in [2.05, 4.69) is 5.32 Å². The third kappa shape index (κ3) is 7.99. The minimum absolute atomic E-state index is 0.0284. The Morgan fingerprint density at radius 1 is 0.952 bits per heavy atom. The van der Waals surface area contributed by atoms with Gasteiger partial charge in [0, 0.05) is 39.8 Å². The van der Waals surface area contributed by atoms with E-state index >= 15 is 0 Å². The van der Waals surface area contributed by atoms with E-state index in [1.54, 1.807) is 64.1 Å². The first kappa shape index (κ1) is 32.8. The van der Waals surface area contributed by atoms with Crippen LogP contribution in [0.1, 0.15) is 39.7 Å². The fourth-order valence-corrected chi connectivity index (χ4v) is 6.17. The molecule has 0 aliphatic rings. The first-order chi connectivity index (χ1) is 19.7. The van der Waals surface area contributed by atoms with Crippen LogP contribution in [0.2, 0.25) is 10.0 Å². The highest BCUT2D eigenvalue weighted by molar-refractivity contribution is 7.92. The summed E-state index contributed by atoms with van der Waals surface area (Å²) in [6.45, 7) is 6.26. The van der Waals surface area contributed by atoms with Crippen molar-refractivity contribution in [2.45, 2.75) is 57.1 Å². The van der Waals surface area contributed by atoms with Gasteiger partial charge in [-0.05, 0) is 63.6 Å². The van der Waals surface area contributed by atoms with Crippen LogP contribution in [0.15, 0.2) is 77.7 Å². The minimum Gasteiger partial charge on any atom is -0.350 e. The molecule has 3 aromatic rings. The average Bonchev–Trinajstić information content (AvgIpc) is 2.92. The van der Waals surface area contributed by atoms with Crippen LogP contribution in [0.5, 0.6) is 0 Å². The van der Waals surface area contributed by atoms with Crippen LogP contribution in [0, 0.1) is 10.1 Å². The van der Waals surface area contributed by atoms with E-state index in [-0.39, 0.29) is 39.3 Å². The lowest BCUT2D eigenvalue weighted by Gasteiger charge is -2.35. The van der Waals surface area contributed by atoms with Crippen LogP contribution in [0.4, 0.5) is 11.4 Å². The number of benzene rings is 3. The van der Waals surface area contributed by atoms with Gasteiger partial charge in [-0.2, -0.15) is 0 Å². The molecule has 1 atom stereocenters. The molecular weight excluding hydrogens is 603 g/mol. The number of nitrogens with one attached hydrogen (secondary N) is 1. The summed E-state index contributed by atoms with van der Waals surface area (Å²) in [7, 11) is -4.32. The number of nitrogens with zero attached hydrogens (tertiary/aromatic N) is 3. The molecule has 0 spiro atoms. The molecule has 2 amide bonds. The van der Waals surface area contributed by atoms with Gasteiger partial charge in [0.05, 0.1) is 15.5 Å². The van der Waals surface area contributed by atoms with E-state index < -0.39 is 44.9 Å². The Balaban J connectivity index is 2.12. The Morgan fingerprint density at radius 3 is 2.02 bits per heavy atom. The van der Waals surface area contributed by atoms with Gasteiger partial charge in [-0.1, -0.05) is 54.4 Å². The van der Waals surface area contributed by atoms with Crippen LogP contribution in [-0.2, 0) is 26.2 Å². The number of hydrogen-bond acceptors (Lipinski definition) is 6. The largest absolute Gasteiger partial charge is 0.350 e. The lowest BCUT2D eigenvalue weighted by Crippen LogP contribution is -2.55. The number of nitro groups is 1. The van der Waals surface area contributed by atoms with E-state index in [9.17, 15) is 28.1 Å². The molecule has 0 aliphatic carbocycles. The molecule has 0 fully saturated rings. The third-order valence-electron chi connectivity index (χ3n) is 6.23. The average molecular weight is 636 g/mol. The number of non-ortho nitro benzene ring substituents is 1. The number of carbonyl (C=O) groups is 2. The molecule has 1 N–H and O–H groups in total. The number of amides is 2. The smallest absolute Gasteiger partial charge is 0.269 e. The molecular formula is C29H32Cl2N4O6S. The Bertz CT molecular complexity index is 1520. The third-order valence-corrected chi connectivity index (χ3v) is 8.73. The monoisotopic (exact) mass is 634 g/mol. The van der Waals surface area contributed by atoms with Crippen molar-refractivity contribution >= 4 is 56.4 Å².